The van der Waals surface area contributed by atoms with Crippen LogP contribution in [0.4, 0.5) is 11.4 Å². The summed E-state index contributed by atoms with van der Waals surface area (Å²) in [5.41, 5.74) is 7.43. The topological polar surface area (TPSA) is 84.2 Å². The standard InChI is InChI=1S/C13H17N3O2/c1-8(17)11-5-4-10(6-12(11)14)15-7-13(18)16-9-2-3-9/h4-6,9,15H,2-3,7,14H2,1H3,(H,16,18). The number of carbonyl (C=O) groups excluding carboxylic acids is 2. The fraction of sp³-hybridized carbons (Fsp3) is 0.385. The van der Waals surface area contributed by atoms with Gasteiger partial charge in [0.15, 0.2) is 5.78 Å². The number of nitrogens with two attached hydrogens (primary N) is 1. The van der Waals surface area contributed by atoms with Crippen molar-refractivity contribution in [2.24, 2.45) is 0 Å². The van der Waals surface area contributed by atoms with Crippen LogP contribution in [0, 0.1) is 0 Å². The molecule has 2 rings (SSSR count). The van der Waals surface area contributed by atoms with Crippen LogP contribution >= 0.6 is 0 Å². The number of hydrogen-bond acceptors (Lipinski definition) is 4. The largest absolute Gasteiger partial charge is 0.398 e. The highest BCUT2D eigenvalue weighted by molar-refractivity contribution is 5.99. The Hall–Kier alpha value is -2.04. The zero-order valence-electron chi connectivity index (χ0n) is 10.3. The van der Waals surface area contributed by atoms with Crippen LogP contribution in [0.25, 0.3) is 0 Å². The van der Waals surface area contributed by atoms with E-state index >= 15 is 0 Å². The molecule has 1 saturated carbocycles. The van der Waals surface area contributed by atoms with Crippen LogP contribution in [0.5, 0.6) is 0 Å². The van der Waals surface area contributed by atoms with E-state index in [2.05, 4.69) is 10.6 Å². The first-order chi connectivity index (χ1) is 8.56. The lowest BCUT2D eigenvalue weighted by Gasteiger charge is -2.09. The van der Waals surface area contributed by atoms with Gasteiger partial charge in [0.25, 0.3) is 0 Å². The highest BCUT2D eigenvalue weighted by Gasteiger charge is 2.22. The van der Waals surface area contributed by atoms with Crippen molar-refractivity contribution in [2.45, 2.75) is 25.8 Å². The number of anilines is 2. The Bertz CT molecular complexity index is 481. The number of rotatable bonds is 5. The molecule has 5 heteroatoms. The third-order valence-corrected chi connectivity index (χ3v) is 2.83. The highest BCUT2D eigenvalue weighted by atomic mass is 16.2. The van der Waals surface area contributed by atoms with E-state index in [0.29, 0.717) is 17.3 Å². The van der Waals surface area contributed by atoms with Crippen molar-refractivity contribution in [2.75, 3.05) is 17.6 Å². The second kappa shape index (κ2) is 5.08. The first-order valence-corrected chi connectivity index (χ1v) is 6.00. The number of benzene rings is 1. The van der Waals surface area contributed by atoms with Crippen LogP contribution in [0.1, 0.15) is 30.1 Å². The minimum atomic E-state index is -0.0643. The summed E-state index contributed by atoms with van der Waals surface area (Å²) in [5.74, 6) is -0.0859. The van der Waals surface area contributed by atoms with Crippen molar-refractivity contribution in [3.05, 3.63) is 23.8 Å². The molecule has 0 aromatic heterocycles. The lowest BCUT2D eigenvalue weighted by Crippen LogP contribution is -2.31. The van der Waals surface area contributed by atoms with E-state index in [1.54, 1.807) is 18.2 Å². The normalized spacial score (nSPS) is 14.1. The van der Waals surface area contributed by atoms with Gasteiger partial charge in [-0.2, -0.15) is 0 Å². The molecule has 1 aliphatic rings. The molecule has 0 unspecified atom stereocenters. The Morgan fingerprint density at radius 3 is 2.67 bits per heavy atom. The molecule has 1 aromatic rings. The minimum Gasteiger partial charge on any atom is -0.398 e. The zero-order valence-corrected chi connectivity index (χ0v) is 10.3. The van der Waals surface area contributed by atoms with Gasteiger partial charge in [-0.05, 0) is 38.0 Å². The molecule has 1 aromatic carbocycles. The predicted molar refractivity (Wildman–Crippen MR) is 70.5 cm³/mol. The first-order valence-electron chi connectivity index (χ1n) is 6.00. The van der Waals surface area contributed by atoms with Crippen molar-refractivity contribution in [1.29, 1.82) is 0 Å². The number of Topliss-reactive ketones (excluding diaryl/α,β-unsaturated/α-hetero) is 1. The first kappa shape index (κ1) is 12.4. The quantitative estimate of drug-likeness (QED) is 0.538. The number of nitrogens with one attached hydrogen (secondary N) is 2. The summed E-state index contributed by atoms with van der Waals surface area (Å²) in [7, 11) is 0. The monoisotopic (exact) mass is 247 g/mol. The molecule has 4 N–H and O–H groups in total. The van der Waals surface area contributed by atoms with Gasteiger partial charge in [-0.15, -0.1) is 0 Å². The Morgan fingerprint density at radius 1 is 1.39 bits per heavy atom. The maximum Gasteiger partial charge on any atom is 0.239 e. The molecule has 0 aliphatic heterocycles. The fourth-order valence-electron chi connectivity index (χ4n) is 1.68. The molecule has 18 heavy (non-hydrogen) atoms. The van der Waals surface area contributed by atoms with E-state index in [1.807, 2.05) is 0 Å². The van der Waals surface area contributed by atoms with Crippen LogP contribution in [0.2, 0.25) is 0 Å². The van der Waals surface area contributed by atoms with Gasteiger partial charge in [0.1, 0.15) is 0 Å². The number of carbonyl (C=O) groups is 2. The van der Waals surface area contributed by atoms with Gasteiger partial charge in [-0.3, -0.25) is 9.59 Å². The molecule has 0 atom stereocenters. The Kier molecular flexibility index (Phi) is 3.50. The van der Waals surface area contributed by atoms with Gasteiger partial charge in [0, 0.05) is 23.0 Å². The molecule has 1 aliphatic carbocycles. The molecule has 1 fully saturated rings. The van der Waals surface area contributed by atoms with Crippen LogP contribution < -0.4 is 16.4 Å². The third-order valence-electron chi connectivity index (χ3n) is 2.83. The van der Waals surface area contributed by atoms with Crippen LogP contribution in [0.3, 0.4) is 0 Å². The lowest BCUT2D eigenvalue weighted by atomic mass is 10.1. The summed E-state index contributed by atoms with van der Waals surface area (Å²) >= 11 is 0. The van der Waals surface area contributed by atoms with Gasteiger partial charge < -0.3 is 16.4 Å². The lowest BCUT2D eigenvalue weighted by molar-refractivity contribution is -0.119. The SMILES string of the molecule is CC(=O)c1ccc(NCC(=O)NC2CC2)cc1N. The molecule has 0 radical (unpaired) electrons. The van der Waals surface area contributed by atoms with Crippen molar-refractivity contribution < 1.29 is 9.59 Å². The van der Waals surface area contributed by atoms with Gasteiger partial charge in [0.2, 0.25) is 5.91 Å². The number of ketones is 1. The van der Waals surface area contributed by atoms with Crippen molar-refractivity contribution in [3.8, 4) is 0 Å². The molecule has 5 nitrogen and oxygen atoms in total. The summed E-state index contributed by atoms with van der Waals surface area (Å²) in [6, 6.07) is 5.45. The smallest absolute Gasteiger partial charge is 0.239 e. The van der Waals surface area contributed by atoms with E-state index in [0.717, 1.165) is 18.5 Å². The van der Waals surface area contributed by atoms with Crippen molar-refractivity contribution >= 4 is 23.1 Å². The molecule has 0 heterocycles. The van der Waals surface area contributed by atoms with Crippen molar-refractivity contribution in [3.63, 3.8) is 0 Å². The van der Waals surface area contributed by atoms with E-state index in [-0.39, 0.29) is 18.2 Å². The summed E-state index contributed by atoms with van der Waals surface area (Å²) in [6.45, 7) is 1.69. The molecular formula is C13H17N3O2. The summed E-state index contributed by atoms with van der Waals surface area (Å²) in [6.07, 6.45) is 2.15. The Morgan fingerprint density at radius 2 is 2.11 bits per heavy atom. The molecule has 0 spiro atoms. The van der Waals surface area contributed by atoms with Crippen LogP contribution in [-0.4, -0.2) is 24.3 Å². The van der Waals surface area contributed by atoms with E-state index in [9.17, 15) is 9.59 Å². The highest BCUT2D eigenvalue weighted by Crippen LogP contribution is 2.19. The average molecular weight is 247 g/mol. The van der Waals surface area contributed by atoms with Gasteiger partial charge >= 0.3 is 0 Å². The maximum absolute atomic E-state index is 11.5. The van der Waals surface area contributed by atoms with Crippen LogP contribution in [0.15, 0.2) is 18.2 Å². The minimum absolute atomic E-state index is 0.0216. The predicted octanol–water partition coefficient (Wildman–Crippen LogP) is 1.16. The number of hydrogen-bond donors (Lipinski definition) is 3. The number of nitrogen functional groups attached to an aromatic ring is 1. The van der Waals surface area contributed by atoms with Crippen LogP contribution in [-0.2, 0) is 4.79 Å². The van der Waals surface area contributed by atoms with E-state index in [4.69, 9.17) is 5.73 Å². The summed E-state index contributed by atoms with van der Waals surface area (Å²) in [5, 5.41) is 5.86. The molecular weight excluding hydrogens is 230 g/mol. The molecule has 1 amide bonds. The molecule has 0 saturated heterocycles. The second-order valence-electron chi connectivity index (χ2n) is 4.55. The fourth-order valence-corrected chi connectivity index (χ4v) is 1.68. The molecule has 96 valence electrons. The van der Waals surface area contributed by atoms with Gasteiger partial charge in [0.05, 0.1) is 6.54 Å². The summed E-state index contributed by atoms with van der Waals surface area (Å²) in [4.78, 5) is 22.7. The van der Waals surface area contributed by atoms with E-state index in [1.165, 1.54) is 6.92 Å². The van der Waals surface area contributed by atoms with Crippen molar-refractivity contribution in [1.82, 2.24) is 5.32 Å². The van der Waals surface area contributed by atoms with E-state index < -0.39 is 0 Å². The average Bonchev–Trinajstić information content (AvgIpc) is 3.10. The third kappa shape index (κ3) is 3.23. The zero-order chi connectivity index (χ0) is 13.1. The van der Waals surface area contributed by atoms with Gasteiger partial charge in [-0.1, -0.05) is 0 Å². The molecule has 0 bridgehead atoms. The maximum atomic E-state index is 11.5. The van der Waals surface area contributed by atoms with Gasteiger partial charge in [-0.25, -0.2) is 0 Å². The Balaban J connectivity index is 1.90. The number of amides is 1. The Labute approximate surface area is 106 Å². The summed E-state index contributed by atoms with van der Waals surface area (Å²) < 4.78 is 0. The second-order valence-corrected chi connectivity index (χ2v) is 4.55.